The maximum Gasteiger partial charge on any atom is 0.235 e. The fourth-order valence-corrected chi connectivity index (χ4v) is 1.42. The molecule has 0 aliphatic rings. The number of nitrogens with one attached hydrogen (secondary N) is 1. The molecule has 16 heavy (non-hydrogen) atoms. The molecule has 0 aliphatic carbocycles. The van der Waals surface area contributed by atoms with Crippen LogP contribution >= 0.6 is 0 Å². The summed E-state index contributed by atoms with van der Waals surface area (Å²) in [7, 11) is 0. The summed E-state index contributed by atoms with van der Waals surface area (Å²) in [4.78, 5) is 12.7. The molecule has 2 heterocycles. The van der Waals surface area contributed by atoms with Gasteiger partial charge in [-0.2, -0.15) is 0 Å². The van der Waals surface area contributed by atoms with Crippen LogP contribution in [0.4, 0.5) is 0 Å². The van der Waals surface area contributed by atoms with Gasteiger partial charge in [0.25, 0.3) is 0 Å². The van der Waals surface area contributed by atoms with Gasteiger partial charge in [-0.05, 0) is 13.5 Å². The van der Waals surface area contributed by atoms with Crippen molar-refractivity contribution in [3.05, 3.63) is 36.2 Å². The van der Waals surface area contributed by atoms with Gasteiger partial charge < -0.3 is 5.32 Å². The van der Waals surface area contributed by atoms with Crippen LogP contribution in [0.2, 0.25) is 0 Å². The molecule has 0 spiro atoms. The third kappa shape index (κ3) is 2.25. The van der Waals surface area contributed by atoms with Gasteiger partial charge in [-0.3, -0.25) is 4.57 Å². The summed E-state index contributed by atoms with van der Waals surface area (Å²) in [5.41, 5.74) is 1.09. The van der Waals surface area contributed by atoms with E-state index in [4.69, 9.17) is 0 Å². The average molecular weight is 217 g/mol. The second kappa shape index (κ2) is 4.85. The van der Waals surface area contributed by atoms with Crippen molar-refractivity contribution in [2.45, 2.75) is 20.4 Å². The number of nitrogens with zero attached hydrogens (tertiary/aromatic N) is 4. The van der Waals surface area contributed by atoms with Crippen LogP contribution in [0, 0.1) is 6.92 Å². The van der Waals surface area contributed by atoms with Gasteiger partial charge >= 0.3 is 0 Å². The van der Waals surface area contributed by atoms with Gasteiger partial charge in [-0.15, -0.1) is 0 Å². The molecule has 0 aliphatic heterocycles. The molecule has 0 fully saturated rings. The Morgan fingerprint density at radius 2 is 2.00 bits per heavy atom. The van der Waals surface area contributed by atoms with Crippen LogP contribution in [0.3, 0.4) is 0 Å². The number of imidazole rings is 1. The Kier molecular flexibility index (Phi) is 3.26. The second-order valence-corrected chi connectivity index (χ2v) is 3.52. The lowest BCUT2D eigenvalue weighted by molar-refractivity contribution is 0.718. The summed E-state index contributed by atoms with van der Waals surface area (Å²) in [6, 6.07) is 0. The third-order valence-corrected chi connectivity index (χ3v) is 2.31. The number of aryl methyl sites for hydroxylation is 1. The normalized spacial score (nSPS) is 10.6. The van der Waals surface area contributed by atoms with E-state index in [0.29, 0.717) is 5.95 Å². The Morgan fingerprint density at radius 3 is 2.56 bits per heavy atom. The molecular formula is C11H15N5. The van der Waals surface area contributed by atoms with Crippen molar-refractivity contribution in [2.24, 2.45) is 0 Å². The van der Waals surface area contributed by atoms with E-state index < -0.39 is 0 Å². The number of aromatic nitrogens is 4. The zero-order valence-electron chi connectivity index (χ0n) is 9.51. The molecule has 0 amide bonds. The largest absolute Gasteiger partial charge is 0.313 e. The summed E-state index contributed by atoms with van der Waals surface area (Å²) in [6.45, 7) is 5.75. The lowest BCUT2D eigenvalue weighted by atomic mass is 10.3. The molecule has 2 rings (SSSR count). The van der Waals surface area contributed by atoms with Gasteiger partial charge in [-0.1, -0.05) is 6.92 Å². The number of hydrogen-bond acceptors (Lipinski definition) is 4. The first-order valence-corrected chi connectivity index (χ1v) is 5.33. The molecule has 0 saturated carbocycles. The third-order valence-electron chi connectivity index (χ3n) is 2.31. The summed E-state index contributed by atoms with van der Waals surface area (Å²) >= 11 is 0. The fourth-order valence-electron chi connectivity index (χ4n) is 1.42. The predicted octanol–water partition coefficient (Wildman–Crippen LogP) is 1.08. The number of rotatable bonds is 4. The van der Waals surface area contributed by atoms with E-state index in [0.717, 1.165) is 24.5 Å². The predicted molar refractivity (Wildman–Crippen MR) is 61.3 cm³/mol. The quantitative estimate of drug-likeness (QED) is 0.832. The molecule has 2 aromatic rings. The van der Waals surface area contributed by atoms with Crippen molar-refractivity contribution < 1.29 is 0 Å². The monoisotopic (exact) mass is 217 g/mol. The van der Waals surface area contributed by atoms with Crippen LogP contribution in [0.1, 0.15) is 18.3 Å². The summed E-state index contributed by atoms with van der Waals surface area (Å²) < 4.78 is 1.86. The summed E-state index contributed by atoms with van der Waals surface area (Å²) in [5.74, 6) is 1.55. The average Bonchev–Trinajstić information content (AvgIpc) is 2.74. The van der Waals surface area contributed by atoms with E-state index >= 15 is 0 Å². The minimum absolute atomic E-state index is 0.662. The highest BCUT2D eigenvalue weighted by atomic mass is 15.2. The van der Waals surface area contributed by atoms with Crippen molar-refractivity contribution in [2.75, 3.05) is 6.54 Å². The van der Waals surface area contributed by atoms with E-state index in [-0.39, 0.29) is 0 Å². The van der Waals surface area contributed by atoms with Gasteiger partial charge in [0, 0.05) is 36.9 Å². The maximum absolute atomic E-state index is 4.31. The van der Waals surface area contributed by atoms with Crippen LogP contribution in [-0.2, 0) is 6.54 Å². The SMILES string of the molecule is CCNCc1cnc(-n2ccnc2C)nc1. The molecule has 0 atom stereocenters. The molecule has 0 saturated heterocycles. The van der Waals surface area contributed by atoms with Crippen LogP contribution in [-0.4, -0.2) is 26.1 Å². The lowest BCUT2D eigenvalue weighted by Gasteiger charge is -2.04. The van der Waals surface area contributed by atoms with E-state index in [1.54, 1.807) is 6.20 Å². The number of hydrogen-bond donors (Lipinski definition) is 1. The summed E-state index contributed by atoms with van der Waals surface area (Å²) in [5, 5.41) is 3.23. The minimum Gasteiger partial charge on any atom is -0.313 e. The first kappa shape index (κ1) is 10.8. The molecular weight excluding hydrogens is 202 g/mol. The van der Waals surface area contributed by atoms with Crippen molar-refractivity contribution in [1.29, 1.82) is 0 Å². The first-order valence-electron chi connectivity index (χ1n) is 5.33. The van der Waals surface area contributed by atoms with Gasteiger partial charge in [0.15, 0.2) is 0 Å². The molecule has 0 bridgehead atoms. The van der Waals surface area contributed by atoms with Crippen molar-refractivity contribution in [3.8, 4) is 5.95 Å². The van der Waals surface area contributed by atoms with Crippen molar-refractivity contribution >= 4 is 0 Å². The molecule has 5 nitrogen and oxygen atoms in total. The highest BCUT2D eigenvalue weighted by molar-refractivity contribution is 5.17. The Morgan fingerprint density at radius 1 is 1.25 bits per heavy atom. The zero-order valence-corrected chi connectivity index (χ0v) is 9.51. The Labute approximate surface area is 94.6 Å². The molecule has 0 aromatic carbocycles. The van der Waals surface area contributed by atoms with Gasteiger partial charge in [-0.25, -0.2) is 15.0 Å². The Hall–Kier alpha value is -1.75. The molecule has 2 aromatic heterocycles. The molecule has 1 N–H and O–H groups in total. The van der Waals surface area contributed by atoms with E-state index in [9.17, 15) is 0 Å². The zero-order chi connectivity index (χ0) is 11.4. The first-order chi connectivity index (χ1) is 7.81. The molecule has 0 radical (unpaired) electrons. The van der Waals surface area contributed by atoms with Crippen LogP contribution in [0.15, 0.2) is 24.8 Å². The summed E-state index contributed by atoms with van der Waals surface area (Å²) in [6.07, 6.45) is 7.27. The second-order valence-electron chi connectivity index (χ2n) is 3.52. The Bertz CT molecular complexity index is 446. The topological polar surface area (TPSA) is 55.6 Å². The van der Waals surface area contributed by atoms with Gasteiger partial charge in [0.2, 0.25) is 5.95 Å². The molecule has 0 unspecified atom stereocenters. The fraction of sp³-hybridized carbons (Fsp3) is 0.364. The standard InChI is InChI=1S/C11H15N5/c1-3-12-6-10-7-14-11(15-8-10)16-5-4-13-9(16)2/h4-5,7-8,12H,3,6H2,1-2H3. The minimum atomic E-state index is 0.662. The molecule has 5 heteroatoms. The van der Waals surface area contributed by atoms with Crippen LogP contribution in [0.5, 0.6) is 0 Å². The van der Waals surface area contributed by atoms with Gasteiger partial charge in [0.1, 0.15) is 5.82 Å². The highest BCUT2D eigenvalue weighted by Gasteiger charge is 2.02. The lowest BCUT2D eigenvalue weighted by Crippen LogP contribution is -2.12. The van der Waals surface area contributed by atoms with Crippen molar-refractivity contribution in [1.82, 2.24) is 24.8 Å². The molecule has 84 valence electrons. The highest BCUT2D eigenvalue weighted by Crippen LogP contribution is 2.04. The maximum atomic E-state index is 4.31. The van der Waals surface area contributed by atoms with Crippen LogP contribution in [0.25, 0.3) is 5.95 Å². The van der Waals surface area contributed by atoms with E-state index in [1.165, 1.54) is 0 Å². The van der Waals surface area contributed by atoms with E-state index in [1.807, 2.05) is 30.1 Å². The van der Waals surface area contributed by atoms with Gasteiger partial charge in [0.05, 0.1) is 0 Å². The van der Waals surface area contributed by atoms with Crippen LogP contribution < -0.4 is 5.32 Å². The van der Waals surface area contributed by atoms with Crippen molar-refractivity contribution in [3.63, 3.8) is 0 Å². The Balaban J connectivity index is 2.16. The smallest absolute Gasteiger partial charge is 0.235 e. The van der Waals surface area contributed by atoms with E-state index in [2.05, 4.69) is 27.2 Å².